The maximum Gasteiger partial charge on any atom is 0.316 e. The number of nitrogens with one attached hydrogen (secondary N) is 1. The van der Waals surface area contributed by atoms with Gasteiger partial charge in [-0.05, 0) is 42.5 Å². The highest BCUT2D eigenvalue weighted by molar-refractivity contribution is 7.89. The van der Waals surface area contributed by atoms with Gasteiger partial charge in [-0.25, -0.2) is 8.42 Å². The number of hydrogen-bond donors (Lipinski definition) is 1. The smallest absolute Gasteiger partial charge is 0.316 e. The molecule has 1 N–H and O–H groups in total. The van der Waals surface area contributed by atoms with Crippen LogP contribution in [-0.4, -0.2) is 53.4 Å². The summed E-state index contributed by atoms with van der Waals surface area (Å²) in [5.41, 5.74) is 0.226. The highest BCUT2D eigenvalue weighted by Crippen LogP contribution is 2.25. The highest BCUT2D eigenvalue weighted by atomic mass is 35.5. The van der Waals surface area contributed by atoms with E-state index in [2.05, 4.69) is 9.68 Å². The van der Waals surface area contributed by atoms with Crippen molar-refractivity contribution < 1.29 is 26.4 Å². The van der Waals surface area contributed by atoms with Gasteiger partial charge in [0.2, 0.25) is 10.0 Å². The molecule has 2 aromatic rings. The number of rotatable bonds is 5. The van der Waals surface area contributed by atoms with E-state index in [1.807, 2.05) is 0 Å². The summed E-state index contributed by atoms with van der Waals surface area (Å²) in [6.45, 7) is 1.25. The van der Waals surface area contributed by atoms with E-state index in [0.29, 0.717) is 18.9 Å². The topological polar surface area (TPSA) is 122 Å². The molecule has 0 spiro atoms. The zero-order chi connectivity index (χ0) is 21.0. The zero-order valence-corrected chi connectivity index (χ0v) is 17.3. The van der Waals surface area contributed by atoms with Crippen LogP contribution < -0.4 is 5.32 Å². The van der Waals surface area contributed by atoms with E-state index in [4.69, 9.17) is 16.3 Å². The summed E-state index contributed by atoms with van der Waals surface area (Å²) < 4.78 is 56.8. The Morgan fingerprint density at radius 1 is 1.10 bits per heavy atom. The van der Waals surface area contributed by atoms with Gasteiger partial charge in [0.05, 0.1) is 29.4 Å². The van der Waals surface area contributed by atoms with Crippen molar-refractivity contribution in [3.8, 4) is 0 Å². The first kappa shape index (κ1) is 21.4. The Morgan fingerprint density at radius 2 is 1.76 bits per heavy atom. The molecule has 3 rings (SSSR count). The molecule has 0 unspecified atom stereocenters. The molecule has 0 radical (unpaired) electrons. The monoisotopic (exact) mass is 457 g/mol. The van der Waals surface area contributed by atoms with Crippen molar-refractivity contribution in [3.63, 3.8) is 0 Å². The molecule has 0 aliphatic carbocycles. The summed E-state index contributed by atoms with van der Waals surface area (Å²) in [5.74, 6) is -0.638. The number of carbonyl (C=O) groups excluding carboxylic acids is 1. The second-order valence-electron chi connectivity index (χ2n) is 5.96. The van der Waals surface area contributed by atoms with Crippen LogP contribution >= 0.6 is 11.6 Å². The van der Waals surface area contributed by atoms with E-state index in [-0.39, 0.29) is 34.3 Å². The van der Waals surface area contributed by atoms with Crippen molar-refractivity contribution in [2.24, 2.45) is 4.36 Å². The molecule has 1 heterocycles. The molecule has 154 valence electrons. The summed E-state index contributed by atoms with van der Waals surface area (Å²) in [6.07, 6.45) is 0. The Kier molecular flexibility index (Phi) is 6.65. The standard InChI is InChI=1S/C17H16ClN3O6S2/c18-12-1-6-16(20-28(23)24)15(11-12)17(22)19-13-2-4-14(5-3-13)29(25,26)21-7-9-27-10-8-21/h1-6,11H,7-10H2,(H,19,22). The number of benzene rings is 2. The third kappa shape index (κ3) is 5.19. The molecule has 0 saturated carbocycles. The first-order chi connectivity index (χ1) is 13.8. The minimum atomic E-state index is -3.65. The van der Waals surface area contributed by atoms with Crippen molar-refractivity contribution in [1.82, 2.24) is 4.31 Å². The second-order valence-corrected chi connectivity index (χ2v) is 8.96. The van der Waals surface area contributed by atoms with E-state index in [9.17, 15) is 21.6 Å². The van der Waals surface area contributed by atoms with Gasteiger partial charge in [0.25, 0.3) is 5.91 Å². The first-order valence-electron chi connectivity index (χ1n) is 8.37. The highest BCUT2D eigenvalue weighted by Gasteiger charge is 2.26. The number of carbonyl (C=O) groups is 1. The Bertz CT molecular complexity index is 1150. The van der Waals surface area contributed by atoms with Crippen LogP contribution in [0.2, 0.25) is 5.02 Å². The summed E-state index contributed by atoms with van der Waals surface area (Å²) in [5, 5.41) is 2.80. The van der Waals surface area contributed by atoms with Crippen molar-refractivity contribution in [2.45, 2.75) is 4.90 Å². The van der Waals surface area contributed by atoms with Crippen molar-refractivity contribution in [1.29, 1.82) is 0 Å². The molecule has 1 saturated heterocycles. The number of halogens is 1. The number of ether oxygens (including phenoxy) is 1. The Balaban J connectivity index is 1.81. The number of hydrogen-bond acceptors (Lipinski definition) is 7. The lowest BCUT2D eigenvalue weighted by molar-refractivity contribution is 0.0730. The second kappa shape index (κ2) is 9.01. The predicted octanol–water partition coefficient (Wildman–Crippen LogP) is 2.31. The number of nitrogens with zero attached hydrogens (tertiary/aromatic N) is 2. The van der Waals surface area contributed by atoms with Crippen LogP contribution in [-0.2, 0) is 25.3 Å². The van der Waals surface area contributed by atoms with Crippen molar-refractivity contribution in [2.75, 3.05) is 31.6 Å². The summed E-state index contributed by atoms with van der Waals surface area (Å²) >= 11 is 5.89. The molecule has 0 atom stereocenters. The van der Waals surface area contributed by atoms with Crippen LogP contribution in [0.1, 0.15) is 10.4 Å². The molecule has 29 heavy (non-hydrogen) atoms. The molecule has 0 aromatic heterocycles. The van der Waals surface area contributed by atoms with Crippen molar-refractivity contribution >= 4 is 49.4 Å². The molecule has 9 nitrogen and oxygen atoms in total. The van der Waals surface area contributed by atoms with Crippen LogP contribution in [0.4, 0.5) is 11.4 Å². The lowest BCUT2D eigenvalue weighted by Gasteiger charge is -2.26. The molecule has 0 bridgehead atoms. The SMILES string of the molecule is O=C(Nc1ccc(S(=O)(=O)N2CCOCC2)cc1)c1cc(Cl)ccc1N=S(=O)=O. The van der Waals surface area contributed by atoms with Gasteiger partial charge < -0.3 is 10.1 Å². The minimum absolute atomic E-state index is 0.0354. The van der Waals surface area contributed by atoms with Gasteiger partial charge in [-0.1, -0.05) is 11.6 Å². The van der Waals surface area contributed by atoms with Crippen LogP contribution in [0.25, 0.3) is 0 Å². The van der Waals surface area contributed by atoms with Gasteiger partial charge in [0, 0.05) is 23.8 Å². The van der Waals surface area contributed by atoms with Gasteiger partial charge in [-0.3, -0.25) is 4.79 Å². The fraction of sp³-hybridized carbons (Fsp3) is 0.235. The predicted molar refractivity (Wildman–Crippen MR) is 106 cm³/mol. The molecular formula is C17H16ClN3O6S2. The fourth-order valence-corrected chi connectivity index (χ4v) is 4.59. The Labute approximate surface area is 174 Å². The quantitative estimate of drug-likeness (QED) is 0.735. The minimum Gasteiger partial charge on any atom is -0.379 e. The molecule has 1 amide bonds. The van der Waals surface area contributed by atoms with Gasteiger partial charge in [0.15, 0.2) is 0 Å². The first-order valence-corrected chi connectivity index (χ1v) is 11.2. The molecule has 1 aliphatic heterocycles. The van der Waals surface area contributed by atoms with Gasteiger partial charge in [-0.2, -0.15) is 12.7 Å². The summed E-state index contributed by atoms with van der Waals surface area (Å²) in [7, 11) is -6.39. The largest absolute Gasteiger partial charge is 0.379 e. The number of sulfonamides is 1. The van der Waals surface area contributed by atoms with Crippen LogP contribution in [0, 0.1) is 0 Å². The Morgan fingerprint density at radius 3 is 2.38 bits per heavy atom. The van der Waals surface area contributed by atoms with E-state index < -0.39 is 26.4 Å². The van der Waals surface area contributed by atoms with Crippen LogP contribution in [0.5, 0.6) is 0 Å². The number of amides is 1. The number of anilines is 1. The maximum absolute atomic E-state index is 12.6. The van der Waals surface area contributed by atoms with Gasteiger partial charge in [0.1, 0.15) is 0 Å². The van der Waals surface area contributed by atoms with E-state index >= 15 is 0 Å². The molecular weight excluding hydrogens is 442 g/mol. The van der Waals surface area contributed by atoms with E-state index in [1.165, 1.54) is 46.8 Å². The van der Waals surface area contributed by atoms with E-state index in [1.54, 1.807) is 0 Å². The maximum atomic E-state index is 12.6. The normalized spacial score (nSPS) is 14.9. The van der Waals surface area contributed by atoms with Crippen molar-refractivity contribution in [3.05, 3.63) is 53.1 Å². The van der Waals surface area contributed by atoms with Crippen LogP contribution in [0.3, 0.4) is 0 Å². The lowest BCUT2D eigenvalue weighted by Crippen LogP contribution is -2.40. The van der Waals surface area contributed by atoms with Crippen LogP contribution in [0.15, 0.2) is 51.7 Å². The average molecular weight is 458 g/mol. The van der Waals surface area contributed by atoms with Gasteiger partial charge in [-0.15, -0.1) is 4.36 Å². The fourth-order valence-electron chi connectivity index (χ4n) is 2.69. The van der Waals surface area contributed by atoms with Gasteiger partial charge >= 0.3 is 10.5 Å². The molecule has 1 aliphatic rings. The summed E-state index contributed by atoms with van der Waals surface area (Å²) in [6, 6.07) is 9.67. The average Bonchev–Trinajstić information content (AvgIpc) is 2.70. The third-order valence-electron chi connectivity index (χ3n) is 4.10. The summed E-state index contributed by atoms with van der Waals surface area (Å²) in [4.78, 5) is 12.6. The zero-order valence-electron chi connectivity index (χ0n) is 14.9. The molecule has 12 heteroatoms. The lowest BCUT2D eigenvalue weighted by atomic mass is 10.1. The molecule has 2 aromatic carbocycles. The third-order valence-corrected chi connectivity index (χ3v) is 6.59. The molecule has 1 fully saturated rings. The number of morpholine rings is 1. The van der Waals surface area contributed by atoms with E-state index in [0.717, 1.165) is 0 Å². The Hall–Kier alpha value is -2.31.